The minimum atomic E-state index is -0.528. The number of ether oxygens (including phenoxy) is 3. The lowest BCUT2D eigenvalue weighted by molar-refractivity contribution is 0.0102. The van der Waals surface area contributed by atoms with E-state index in [1.807, 2.05) is 32.2 Å². The normalized spacial score (nSPS) is 15.3. The second-order valence-electron chi connectivity index (χ2n) is 9.72. The summed E-state index contributed by atoms with van der Waals surface area (Å²) < 4.78 is 32.4. The highest BCUT2D eigenvalue weighted by Crippen LogP contribution is 2.33. The maximum absolute atomic E-state index is 14.3. The lowest BCUT2D eigenvalue weighted by atomic mass is 10.0. The summed E-state index contributed by atoms with van der Waals surface area (Å²) in [6.45, 7) is 3.15. The summed E-state index contributed by atoms with van der Waals surface area (Å²) in [5.74, 6) is 0.119. The van der Waals surface area contributed by atoms with Crippen LogP contribution < -0.4 is 19.7 Å². The summed E-state index contributed by atoms with van der Waals surface area (Å²) in [6, 6.07) is 12.4. The van der Waals surface area contributed by atoms with Gasteiger partial charge in [-0.15, -0.1) is 5.10 Å². The van der Waals surface area contributed by atoms with Crippen LogP contribution in [0.2, 0.25) is 0 Å². The Bertz CT molecular complexity index is 1530. The molecule has 0 spiro atoms. The smallest absolute Gasteiger partial charge is 0.251 e. The number of hydrogen-bond donors (Lipinski definition) is 1. The fourth-order valence-corrected chi connectivity index (χ4v) is 4.48. The SMILES string of the molecule is COc1ccc(Oc2cc(N(C)C3COC3)c3ncc(-c4ccc(C(=O)NC5CC5)c(C)c4)n3n2)cc1F. The Balaban J connectivity index is 1.40. The van der Waals surface area contributed by atoms with Crippen molar-refractivity contribution < 1.29 is 23.4 Å². The quantitative estimate of drug-likeness (QED) is 0.371. The van der Waals surface area contributed by atoms with Crippen molar-refractivity contribution >= 4 is 17.2 Å². The number of fused-ring (bicyclic) bond motifs is 1. The van der Waals surface area contributed by atoms with Gasteiger partial charge in [-0.3, -0.25) is 4.79 Å². The molecule has 2 fully saturated rings. The van der Waals surface area contributed by atoms with Gasteiger partial charge in [0.1, 0.15) is 5.75 Å². The van der Waals surface area contributed by atoms with Gasteiger partial charge in [0.05, 0.1) is 43.9 Å². The van der Waals surface area contributed by atoms with Crippen LogP contribution in [0.15, 0.2) is 48.7 Å². The van der Waals surface area contributed by atoms with E-state index in [1.54, 1.807) is 22.8 Å². The Morgan fingerprint density at radius 1 is 1.18 bits per heavy atom. The standard InChI is InChI=1S/C28H28FN5O4/c1-16-10-17(4-8-21(16)28(35)31-18-5-6-18)24-13-30-27-23(33(2)19-14-37-15-19)12-26(32-34(24)27)38-20-7-9-25(36-3)22(29)11-20/h4,7-13,18-19H,5-6,14-15H2,1-3H3,(H,31,35). The van der Waals surface area contributed by atoms with Crippen molar-refractivity contribution in [3.63, 3.8) is 0 Å². The highest BCUT2D eigenvalue weighted by molar-refractivity contribution is 5.96. The van der Waals surface area contributed by atoms with Crippen LogP contribution in [0, 0.1) is 12.7 Å². The molecule has 0 radical (unpaired) electrons. The Morgan fingerprint density at radius 2 is 2.00 bits per heavy atom. The first kappa shape index (κ1) is 24.2. The number of nitrogens with one attached hydrogen (secondary N) is 1. The predicted molar refractivity (Wildman–Crippen MR) is 140 cm³/mol. The lowest BCUT2D eigenvalue weighted by Crippen LogP contribution is -2.47. The minimum Gasteiger partial charge on any atom is -0.494 e. The molecule has 1 N–H and O–H groups in total. The predicted octanol–water partition coefficient (Wildman–Crippen LogP) is 4.37. The molecule has 4 aromatic rings. The number of halogens is 1. The topological polar surface area (TPSA) is 90.2 Å². The van der Waals surface area contributed by atoms with Crippen LogP contribution in [0.25, 0.3) is 16.9 Å². The molecule has 6 rings (SSSR count). The molecule has 1 aliphatic heterocycles. The summed E-state index contributed by atoms with van der Waals surface area (Å²) in [5, 5.41) is 7.74. The fourth-order valence-electron chi connectivity index (χ4n) is 4.48. The number of carbonyl (C=O) groups excluding carboxylic acids is 1. The minimum absolute atomic E-state index is 0.0538. The van der Waals surface area contributed by atoms with E-state index in [2.05, 4.69) is 15.2 Å². The van der Waals surface area contributed by atoms with Crippen molar-refractivity contribution in [1.82, 2.24) is 19.9 Å². The van der Waals surface area contributed by atoms with Gasteiger partial charge in [-0.2, -0.15) is 0 Å². The fraction of sp³-hybridized carbons (Fsp3) is 0.321. The van der Waals surface area contributed by atoms with Gasteiger partial charge in [-0.1, -0.05) is 6.07 Å². The number of amides is 1. The lowest BCUT2D eigenvalue weighted by Gasteiger charge is -2.36. The number of aromatic nitrogens is 3. The Morgan fingerprint density at radius 3 is 2.66 bits per heavy atom. The molecule has 3 heterocycles. The second kappa shape index (κ2) is 9.60. The van der Waals surface area contributed by atoms with E-state index >= 15 is 0 Å². The molecule has 196 valence electrons. The van der Waals surface area contributed by atoms with Gasteiger partial charge in [-0.05, 0) is 49.6 Å². The van der Waals surface area contributed by atoms with Crippen molar-refractivity contribution in [2.45, 2.75) is 31.8 Å². The van der Waals surface area contributed by atoms with Crippen molar-refractivity contribution in [3.8, 4) is 28.6 Å². The van der Waals surface area contributed by atoms with Crippen LogP contribution in [0.4, 0.5) is 10.1 Å². The average molecular weight is 518 g/mol. The van der Waals surface area contributed by atoms with E-state index < -0.39 is 5.82 Å². The van der Waals surface area contributed by atoms with E-state index in [1.165, 1.54) is 19.2 Å². The molecular weight excluding hydrogens is 489 g/mol. The number of imidazole rings is 1. The Hall–Kier alpha value is -4.18. The largest absolute Gasteiger partial charge is 0.494 e. The average Bonchev–Trinajstić information content (AvgIpc) is 3.57. The summed E-state index contributed by atoms with van der Waals surface area (Å²) in [7, 11) is 3.39. The van der Waals surface area contributed by atoms with Crippen LogP contribution >= 0.6 is 0 Å². The number of benzene rings is 2. The molecule has 0 bridgehead atoms. The van der Waals surface area contributed by atoms with E-state index in [0.717, 1.165) is 35.3 Å². The van der Waals surface area contributed by atoms with E-state index in [9.17, 15) is 9.18 Å². The first-order chi connectivity index (χ1) is 18.4. The molecule has 2 aromatic heterocycles. The third kappa shape index (κ3) is 4.51. The van der Waals surface area contributed by atoms with Gasteiger partial charge in [0.2, 0.25) is 5.88 Å². The first-order valence-corrected chi connectivity index (χ1v) is 12.5. The maximum Gasteiger partial charge on any atom is 0.251 e. The zero-order valence-corrected chi connectivity index (χ0v) is 21.4. The summed E-state index contributed by atoms with van der Waals surface area (Å²) in [5.41, 5.74) is 4.57. The summed E-state index contributed by atoms with van der Waals surface area (Å²) in [6.07, 6.45) is 3.83. The van der Waals surface area contributed by atoms with E-state index in [4.69, 9.17) is 19.3 Å². The maximum atomic E-state index is 14.3. The van der Waals surface area contributed by atoms with Crippen LogP contribution in [0.3, 0.4) is 0 Å². The van der Waals surface area contributed by atoms with Gasteiger partial charge in [0.25, 0.3) is 5.91 Å². The number of rotatable bonds is 8. The zero-order chi connectivity index (χ0) is 26.4. The number of aryl methyl sites for hydroxylation is 1. The molecular formula is C28H28FN5O4. The highest BCUT2D eigenvalue weighted by Gasteiger charge is 2.27. The van der Waals surface area contributed by atoms with Crippen LogP contribution in [-0.2, 0) is 4.74 Å². The van der Waals surface area contributed by atoms with Crippen molar-refractivity contribution in [1.29, 1.82) is 0 Å². The van der Waals surface area contributed by atoms with Gasteiger partial charge in [0, 0.05) is 36.3 Å². The molecule has 0 atom stereocenters. The molecule has 1 saturated carbocycles. The Kier molecular flexibility index (Phi) is 6.11. The molecule has 38 heavy (non-hydrogen) atoms. The number of likely N-dealkylation sites (N-methyl/N-ethyl adjacent to an activating group) is 1. The van der Waals surface area contributed by atoms with Crippen LogP contribution in [-0.4, -0.2) is 60.0 Å². The molecule has 0 unspecified atom stereocenters. The van der Waals surface area contributed by atoms with Crippen molar-refractivity contribution in [2.75, 3.05) is 32.3 Å². The monoisotopic (exact) mass is 517 g/mol. The van der Waals surface area contributed by atoms with Crippen LogP contribution in [0.5, 0.6) is 17.4 Å². The number of hydrogen-bond acceptors (Lipinski definition) is 7. The Labute approximate surface area is 219 Å². The molecule has 1 amide bonds. The number of carbonyl (C=O) groups is 1. The number of nitrogens with zero attached hydrogens (tertiary/aromatic N) is 4. The third-order valence-electron chi connectivity index (χ3n) is 7.00. The summed E-state index contributed by atoms with van der Waals surface area (Å²) >= 11 is 0. The molecule has 1 aliphatic carbocycles. The van der Waals surface area contributed by atoms with Gasteiger partial charge >= 0.3 is 0 Å². The van der Waals surface area contributed by atoms with Gasteiger partial charge in [0.15, 0.2) is 17.2 Å². The van der Waals surface area contributed by atoms with E-state index in [0.29, 0.717) is 36.2 Å². The molecule has 10 heteroatoms. The van der Waals surface area contributed by atoms with Crippen LogP contribution in [0.1, 0.15) is 28.8 Å². The zero-order valence-electron chi connectivity index (χ0n) is 21.4. The number of anilines is 1. The van der Waals surface area contributed by atoms with Crippen molar-refractivity contribution in [3.05, 3.63) is 65.6 Å². The van der Waals surface area contributed by atoms with Gasteiger partial charge < -0.3 is 24.4 Å². The highest BCUT2D eigenvalue weighted by atomic mass is 19.1. The van der Waals surface area contributed by atoms with Gasteiger partial charge in [-0.25, -0.2) is 13.9 Å². The molecule has 2 aromatic carbocycles. The first-order valence-electron chi connectivity index (χ1n) is 12.5. The molecule has 1 saturated heterocycles. The number of methoxy groups -OCH3 is 1. The second-order valence-corrected chi connectivity index (χ2v) is 9.72. The molecule has 9 nitrogen and oxygen atoms in total. The molecule has 2 aliphatic rings. The van der Waals surface area contributed by atoms with Crippen molar-refractivity contribution in [2.24, 2.45) is 0 Å². The third-order valence-corrected chi connectivity index (χ3v) is 7.00. The summed E-state index contributed by atoms with van der Waals surface area (Å²) in [4.78, 5) is 19.4. The van der Waals surface area contributed by atoms with E-state index in [-0.39, 0.29) is 23.6 Å².